The van der Waals surface area contributed by atoms with Crippen LogP contribution in [0.3, 0.4) is 0 Å². The van der Waals surface area contributed by atoms with Crippen LogP contribution >= 0.6 is 12.2 Å². The summed E-state index contributed by atoms with van der Waals surface area (Å²) in [5, 5.41) is 15.9. The number of ether oxygens (including phenoxy) is 1. The molecule has 2 aromatic rings. The highest BCUT2D eigenvalue weighted by Crippen LogP contribution is 2.34. The number of hydrogen-bond donors (Lipinski definition) is 2. The Bertz CT molecular complexity index is 605. The van der Waals surface area contributed by atoms with E-state index < -0.39 is 0 Å². The van der Waals surface area contributed by atoms with Crippen molar-refractivity contribution in [3.63, 3.8) is 0 Å². The Morgan fingerprint density at radius 2 is 2.35 bits per heavy atom. The summed E-state index contributed by atoms with van der Waals surface area (Å²) >= 11 is 5.18. The zero-order valence-electron chi connectivity index (χ0n) is 8.96. The molecule has 1 aromatic carbocycles. The molecule has 5 nitrogen and oxygen atoms in total. The number of aromatic nitrogens is 3. The van der Waals surface area contributed by atoms with Gasteiger partial charge in [0.25, 0.3) is 0 Å². The van der Waals surface area contributed by atoms with E-state index in [4.69, 9.17) is 17.0 Å². The van der Waals surface area contributed by atoms with Gasteiger partial charge in [-0.25, -0.2) is 0 Å². The molecule has 17 heavy (non-hydrogen) atoms. The van der Waals surface area contributed by atoms with E-state index in [1.807, 2.05) is 24.3 Å². The molecular weight excluding hydrogens is 238 g/mol. The lowest BCUT2D eigenvalue weighted by Crippen LogP contribution is -2.15. The fourth-order valence-electron chi connectivity index (χ4n) is 2.13. The van der Waals surface area contributed by atoms with Crippen molar-refractivity contribution < 1.29 is 9.84 Å². The molecular formula is C11H11N3O2S. The minimum Gasteiger partial charge on any atom is -0.491 e. The van der Waals surface area contributed by atoms with Crippen LogP contribution in [0.5, 0.6) is 5.75 Å². The molecule has 0 saturated heterocycles. The van der Waals surface area contributed by atoms with Gasteiger partial charge in [-0.1, -0.05) is 18.2 Å². The van der Waals surface area contributed by atoms with Crippen molar-refractivity contribution in [2.75, 3.05) is 6.61 Å². The molecule has 1 aromatic heterocycles. The van der Waals surface area contributed by atoms with Gasteiger partial charge in [0.05, 0.1) is 0 Å². The Morgan fingerprint density at radius 3 is 3.18 bits per heavy atom. The molecule has 0 aliphatic carbocycles. The molecule has 0 fully saturated rings. The van der Waals surface area contributed by atoms with Gasteiger partial charge in [-0.15, -0.1) is 0 Å². The number of H-pyrrole nitrogens is 1. The predicted octanol–water partition coefficient (Wildman–Crippen LogP) is 1.41. The molecule has 0 spiro atoms. The van der Waals surface area contributed by atoms with Gasteiger partial charge in [0, 0.05) is 5.56 Å². The van der Waals surface area contributed by atoms with Crippen LogP contribution in [0, 0.1) is 4.77 Å². The molecule has 2 heterocycles. The van der Waals surface area contributed by atoms with Crippen molar-refractivity contribution in [3.05, 3.63) is 40.4 Å². The summed E-state index contributed by atoms with van der Waals surface area (Å²) in [5.74, 6) is 1.39. The molecule has 3 rings (SSSR count). The third kappa shape index (κ3) is 1.57. The standard InChI is InChI=1S/C11H11N3O2S/c15-5-10-12-13-11(17)14(10)8-6-16-9-4-2-1-3-7(8)9/h1-4,8,15H,5-6H2,(H,13,17). The normalized spacial score (nSPS) is 17.8. The van der Waals surface area contributed by atoms with Crippen LogP contribution < -0.4 is 4.74 Å². The Morgan fingerprint density at radius 1 is 1.53 bits per heavy atom. The quantitative estimate of drug-likeness (QED) is 0.790. The lowest BCUT2D eigenvalue weighted by Gasteiger charge is -2.12. The average molecular weight is 249 g/mol. The molecule has 0 bridgehead atoms. The number of aliphatic hydroxyl groups is 1. The number of para-hydroxylation sites is 1. The summed E-state index contributed by atoms with van der Waals surface area (Å²) in [4.78, 5) is 0. The van der Waals surface area contributed by atoms with E-state index in [2.05, 4.69) is 10.2 Å². The molecule has 0 saturated carbocycles. The summed E-state index contributed by atoms with van der Waals surface area (Å²) in [7, 11) is 0. The number of nitrogens with one attached hydrogen (secondary N) is 1. The van der Waals surface area contributed by atoms with Crippen LogP contribution in [-0.2, 0) is 6.61 Å². The maximum atomic E-state index is 9.25. The van der Waals surface area contributed by atoms with Crippen molar-refractivity contribution >= 4 is 12.2 Å². The van der Waals surface area contributed by atoms with E-state index in [-0.39, 0.29) is 12.6 Å². The van der Waals surface area contributed by atoms with Crippen LogP contribution in [-0.4, -0.2) is 26.5 Å². The third-order valence-corrected chi connectivity index (χ3v) is 3.19. The molecule has 6 heteroatoms. The SMILES string of the molecule is OCc1n[nH]c(=S)n1C1COc2ccccc21. The van der Waals surface area contributed by atoms with Crippen molar-refractivity contribution in [2.45, 2.75) is 12.6 Å². The van der Waals surface area contributed by atoms with E-state index >= 15 is 0 Å². The van der Waals surface area contributed by atoms with Gasteiger partial charge in [0.15, 0.2) is 10.6 Å². The highest BCUT2D eigenvalue weighted by atomic mass is 32.1. The van der Waals surface area contributed by atoms with Crippen molar-refractivity contribution in [1.29, 1.82) is 0 Å². The lowest BCUT2D eigenvalue weighted by atomic mass is 10.1. The number of nitrogens with zero attached hydrogens (tertiary/aromatic N) is 2. The Kier molecular flexibility index (Phi) is 2.45. The summed E-state index contributed by atoms with van der Waals surface area (Å²) in [6, 6.07) is 7.81. The molecule has 1 atom stereocenters. The van der Waals surface area contributed by atoms with E-state index in [0.29, 0.717) is 17.2 Å². The number of benzene rings is 1. The minimum atomic E-state index is -0.147. The number of aromatic amines is 1. The van der Waals surface area contributed by atoms with E-state index in [1.54, 1.807) is 4.57 Å². The zero-order valence-corrected chi connectivity index (χ0v) is 9.78. The van der Waals surface area contributed by atoms with Crippen LogP contribution in [0.25, 0.3) is 0 Å². The van der Waals surface area contributed by atoms with Gasteiger partial charge in [-0.2, -0.15) is 5.10 Å². The Balaban J connectivity index is 2.13. The van der Waals surface area contributed by atoms with Crippen molar-refractivity contribution in [3.8, 4) is 5.75 Å². The van der Waals surface area contributed by atoms with Gasteiger partial charge >= 0.3 is 0 Å². The fourth-order valence-corrected chi connectivity index (χ4v) is 2.41. The van der Waals surface area contributed by atoms with Crippen LogP contribution in [0.4, 0.5) is 0 Å². The summed E-state index contributed by atoms with van der Waals surface area (Å²) < 4.78 is 7.91. The lowest BCUT2D eigenvalue weighted by molar-refractivity contribution is 0.254. The van der Waals surface area contributed by atoms with Gasteiger partial charge in [-0.05, 0) is 18.3 Å². The Hall–Kier alpha value is -1.66. The molecule has 0 radical (unpaired) electrons. The molecule has 2 N–H and O–H groups in total. The maximum Gasteiger partial charge on any atom is 0.195 e. The smallest absolute Gasteiger partial charge is 0.195 e. The second-order valence-electron chi connectivity index (χ2n) is 3.84. The molecule has 1 aliphatic heterocycles. The summed E-state index contributed by atoms with van der Waals surface area (Å²) in [6.07, 6.45) is 0. The first kappa shape index (κ1) is 10.5. The van der Waals surface area contributed by atoms with E-state index in [0.717, 1.165) is 11.3 Å². The van der Waals surface area contributed by atoms with Crippen molar-refractivity contribution in [2.24, 2.45) is 0 Å². The van der Waals surface area contributed by atoms with E-state index in [1.165, 1.54) is 0 Å². The van der Waals surface area contributed by atoms with Crippen LogP contribution in [0.15, 0.2) is 24.3 Å². The van der Waals surface area contributed by atoms with Crippen LogP contribution in [0.1, 0.15) is 17.4 Å². The molecule has 1 unspecified atom stereocenters. The largest absolute Gasteiger partial charge is 0.491 e. The van der Waals surface area contributed by atoms with Gasteiger partial charge in [0.2, 0.25) is 0 Å². The zero-order chi connectivity index (χ0) is 11.8. The fraction of sp³-hybridized carbons (Fsp3) is 0.273. The highest BCUT2D eigenvalue weighted by molar-refractivity contribution is 7.71. The number of aliphatic hydroxyl groups excluding tert-OH is 1. The number of hydrogen-bond acceptors (Lipinski definition) is 4. The second kappa shape index (κ2) is 3.97. The third-order valence-electron chi connectivity index (χ3n) is 2.91. The molecule has 88 valence electrons. The first-order valence-corrected chi connectivity index (χ1v) is 5.70. The highest BCUT2D eigenvalue weighted by Gasteiger charge is 2.27. The summed E-state index contributed by atoms with van der Waals surface area (Å²) in [6.45, 7) is 0.367. The topological polar surface area (TPSA) is 63.1 Å². The summed E-state index contributed by atoms with van der Waals surface area (Å²) in [5.41, 5.74) is 1.07. The number of rotatable bonds is 2. The molecule has 1 aliphatic rings. The first-order valence-electron chi connectivity index (χ1n) is 5.29. The predicted molar refractivity (Wildman–Crippen MR) is 63.4 cm³/mol. The minimum absolute atomic E-state index is 0.0143. The second-order valence-corrected chi connectivity index (χ2v) is 4.22. The van der Waals surface area contributed by atoms with Gasteiger partial charge in [-0.3, -0.25) is 9.67 Å². The Labute approximate surface area is 103 Å². The maximum absolute atomic E-state index is 9.25. The molecule has 0 amide bonds. The van der Waals surface area contributed by atoms with Gasteiger partial charge < -0.3 is 9.84 Å². The van der Waals surface area contributed by atoms with Crippen LogP contribution in [0.2, 0.25) is 0 Å². The average Bonchev–Trinajstić information content (AvgIpc) is 2.92. The first-order chi connectivity index (χ1) is 8.31. The van der Waals surface area contributed by atoms with Crippen molar-refractivity contribution in [1.82, 2.24) is 14.8 Å². The number of fused-ring (bicyclic) bond motifs is 1. The monoisotopic (exact) mass is 249 g/mol. The van der Waals surface area contributed by atoms with E-state index in [9.17, 15) is 5.11 Å². The van der Waals surface area contributed by atoms with Gasteiger partial charge in [0.1, 0.15) is 25.0 Å².